The SMILES string of the molecule is CCSC1CCCC1NCc1ccc(C(=O)O)cc1. The number of hydrogen-bond acceptors (Lipinski definition) is 3. The molecule has 4 heteroatoms. The predicted octanol–water partition coefficient (Wildman–Crippen LogP) is 3.15. The van der Waals surface area contributed by atoms with E-state index in [1.165, 1.54) is 25.0 Å². The van der Waals surface area contributed by atoms with Crippen molar-refractivity contribution in [3.8, 4) is 0 Å². The Balaban J connectivity index is 1.86. The van der Waals surface area contributed by atoms with Gasteiger partial charge in [-0.1, -0.05) is 25.5 Å². The molecular formula is C15H21NO2S. The number of nitrogens with one attached hydrogen (secondary N) is 1. The summed E-state index contributed by atoms with van der Waals surface area (Å²) in [6.45, 7) is 3.04. The summed E-state index contributed by atoms with van der Waals surface area (Å²) in [6, 6.07) is 7.74. The van der Waals surface area contributed by atoms with E-state index in [1.807, 2.05) is 23.9 Å². The van der Waals surface area contributed by atoms with Crippen LogP contribution in [0.5, 0.6) is 0 Å². The van der Waals surface area contributed by atoms with Crippen LogP contribution in [0.25, 0.3) is 0 Å². The summed E-state index contributed by atoms with van der Waals surface area (Å²) in [6.07, 6.45) is 3.88. The number of carboxylic acids is 1. The van der Waals surface area contributed by atoms with E-state index in [2.05, 4.69) is 12.2 Å². The Labute approximate surface area is 118 Å². The van der Waals surface area contributed by atoms with Crippen LogP contribution in [0.15, 0.2) is 24.3 Å². The summed E-state index contributed by atoms with van der Waals surface area (Å²) in [5.74, 6) is 0.311. The first kappa shape index (κ1) is 14.4. The number of carbonyl (C=O) groups is 1. The second-order valence-electron chi connectivity index (χ2n) is 4.91. The van der Waals surface area contributed by atoms with Crippen LogP contribution in [-0.4, -0.2) is 28.1 Å². The van der Waals surface area contributed by atoms with Crippen molar-refractivity contribution in [2.75, 3.05) is 5.75 Å². The number of carboxylic acid groups (broad SMARTS) is 1. The molecule has 0 bridgehead atoms. The van der Waals surface area contributed by atoms with E-state index in [4.69, 9.17) is 5.11 Å². The Hall–Kier alpha value is -1.00. The number of aromatic carboxylic acids is 1. The zero-order valence-electron chi connectivity index (χ0n) is 11.3. The Morgan fingerprint density at radius 3 is 2.74 bits per heavy atom. The van der Waals surface area contributed by atoms with Gasteiger partial charge in [-0.15, -0.1) is 0 Å². The second-order valence-corrected chi connectivity index (χ2v) is 6.43. The molecule has 1 aromatic rings. The summed E-state index contributed by atoms with van der Waals surface area (Å²) in [7, 11) is 0. The first-order chi connectivity index (χ1) is 9.20. The van der Waals surface area contributed by atoms with Gasteiger partial charge < -0.3 is 10.4 Å². The highest BCUT2D eigenvalue weighted by Gasteiger charge is 2.26. The highest BCUT2D eigenvalue weighted by atomic mass is 32.2. The molecule has 3 nitrogen and oxygen atoms in total. The molecule has 0 saturated heterocycles. The molecular weight excluding hydrogens is 258 g/mol. The van der Waals surface area contributed by atoms with Gasteiger partial charge in [-0.3, -0.25) is 0 Å². The number of benzene rings is 1. The molecule has 0 amide bonds. The van der Waals surface area contributed by atoms with Gasteiger partial charge >= 0.3 is 5.97 Å². The van der Waals surface area contributed by atoms with Crippen LogP contribution in [0.4, 0.5) is 0 Å². The molecule has 0 aromatic heterocycles. The highest BCUT2D eigenvalue weighted by molar-refractivity contribution is 7.99. The molecule has 2 unspecified atom stereocenters. The molecule has 1 aromatic carbocycles. The van der Waals surface area contributed by atoms with Gasteiger partial charge in [0.15, 0.2) is 0 Å². The molecule has 2 N–H and O–H groups in total. The maximum Gasteiger partial charge on any atom is 0.335 e. The lowest BCUT2D eigenvalue weighted by molar-refractivity contribution is 0.0697. The monoisotopic (exact) mass is 279 g/mol. The maximum absolute atomic E-state index is 10.8. The summed E-state index contributed by atoms with van der Waals surface area (Å²) in [4.78, 5) is 10.8. The van der Waals surface area contributed by atoms with Crippen LogP contribution < -0.4 is 5.32 Å². The molecule has 1 aliphatic carbocycles. The zero-order chi connectivity index (χ0) is 13.7. The lowest BCUT2D eigenvalue weighted by atomic mass is 10.1. The minimum absolute atomic E-state index is 0.351. The molecule has 2 rings (SSSR count). The van der Waals surface area contributed by atoms with E-state index in [0.717, 1.165) is 17.4 Å². The summed E-state index contributed by atoms with van der Waals surface area (Å²) < 4.78 is 0. The predicted molar refractivity (Wildman–Crippen MR) is 79.8 cm³/mol. The van der Waals surface area contributed by atoms with Crippen molar-refractivity contribution < 1.29 is 9.90 Å². The first-order valence-electron chi connectivity index (χ1n) is 6.88. The van der Waals surface area contributed by atoms with Gasteiger partial charge in [0.2, 0.25) is 0 Å². The lowest BCUT2D eigenvalue weighted by Gasteiger charge is -2.20. The molecule has 104 valence electrons. The molecule has 19 heavy (non-hydrogen) atoms. The van der Waals surface area contributed by atoms with E-state index in [-0.39, 0.29) is 0 Å². The molecule has 0 radical (unpaired) electrons. The normalized spacial score (nSPS) is 22.6. The van der Waals surface area contributed by atoms with Gasteiger partial charge in [-0.05, 0) is 36.3 Å². The van der Waals surface area contributed by atoms with E-state index < -0.39 is 5.97 Å². The molecule has 1 fully saturated rings. The molecule has 2 atom stereocenters. The zero-order valence-corrected chi connectivity index (χ0v) is 12.1. The van der Waals surface area contributed by atoms with Gasteiger partial charge in [0.25, 0.3) is 0 Å². The van der Waals surface area contributed by atoms with Crippen molar-refractivity contribution in [2.45, 2.75) is 44.0 Å². The highest BCUT2D eigenvalue weighted by Crippen LogP contribution is 2.30. The molecule has 0 heterocycles. The third kappa shape index (κ3) is 3.98. The number of hydrogen-bond donors (Lipinski definition) is 2. The average Bonchev–Trinajstić information content (AvgIpc) is 2.85. The Bertz CT molecular complexity index is 419. The standard InChI is InChI=1S/C15H21NO2S/c1-2-19-14-5-3-4-13(14)16-10-11-6-8-12(9-7-11)15(17)18/h6-9,13-14,16H,2-5,10H2,1H3,(H,17,18). The van der Waals surface area contributed by atoms with Crippen LogP contribution in [0.1, 0.15) is 42.1 Å². The maximum atomic E-state index is 10.8. The lowest BCUT2D eigenvalue weighted by Crippen LogP contribution is -2.33. The third-order valence-electron chi connectivity index (χ3n) is 3.60. The third-order valence-corrected chi connectivity index (χ3v) is 4.93. The quantitative estimate of drug-likeness (QED) is 0.840. The fourth-order valence-corrected chi connectivity index (χ4v) is 3.81. The Morgan fingerprint density at radius 2 is 2.11 bits per heavy atom. The van der Waals surface area contributed by atoms with Gasteiger partial charge in [-0.25, -0.2) is 4.79 Å². The van der Waals surface area contributed by atoms with Crippen molar-refractivity contribution in [2.24, 2.45) is 0 Å². The molecule has 0 aliphatic heterocycles. The van der Waals surface area contributed by atoms with Crippen molar-refractivity contribution >= 4 is 17.7 Å². The Morgan fingerprint density at radius 1 is 1.37 bits per heavy atom. The van der Waals surface area contributed by atoms with Gasteiger partial charge in [0.1, 0.15) is 0 Å². The van der Waals surface area contributed by atoms with Crippen molar-refractivity contribution in [3.63, 3.8) is 0 Å². The van der Waals surface area contributed by atoms with E-state index >= 15 is 0 Å². The summed E-state index contributed by atoms with van der Waals surface area (Å²) in [5.41, 5.74) is 1.50. The fraction of sp³-hybridized carbons (Fsp3) is 0.533. The topological polar surface area (TPSA) is 49.3 Å². The second kappa shape index (κ2) is 6.96. The molecule has 0 spiro atoms. The van der Waals surface area contributed by atoms with Crippen LogP contribution in [0.3, 0.4) is 0 Å². The number of thioether (sulfide) groups is 1. The molecule has 1 aliphatic rings. The van der Waals surface area contributed by atoms with Crippen molar-refractivity contribution in [1.29, 1.82) is 0 Å². The van der Waals surface area contributed by atoms with E-state index in [1.54, 1.807) is 12.1 Å². The van der Waals surface area contributed by atoms with Gasteiger partial charge in [0.05, 0.1) is 5.56 Å². The van der Waals surface area contributed by atoms with Crippen LogP contribution in [0.2, 0.25) is 0 Å². The smallest absolute Gasteiger partial charge is 0.335 e. The van der Waals surface area contributed by atoms with Crippen molar-refractivity contribution in [1.82, 2.24) is 5.32 Å². The minimum Gasteiger partial charge on any atom is -0.478 e. The van der Waals surface area contributed by atoms with E-state index in [0.29, 0.717) is 11.6 Å². The fourth-order valence-electron chi connectivity index (χ4n) is 2.59. The largest absolute Gasteiger partial charge is 0.478 e. The van der Waals surface area contributed by atoms with Crippen LogP contribution >= 0.6 is 11.8 Å². The van der Waals surface area contributed by atoms with Crippen LogP contribution in [-0.2, 0) is 6.54 Å². The van der Waals surface area contributed by atoms with Crippen LogP contribution in [0, 0.1) is 0 Å². The van der Waals surface area contributed by atoms with E-state index in [9.17, 15) is 4.79 Å². The molecule has 1 saturated carbocycles. The number of rotatable bonds is 6. The van der Waals surface area contributed by atoms with Gasteiger partial charge in [0, 0.05) is 17.8 Å². The van der Waals surface area contributed by atoms with Crippen molar-refractivity contribution in [3.05, 3.63) is 35.4 Å². The average molecular weight is 279 g/mol. The summed E-state index contributed by atoms with van der Waals surface area (Å²) >= 11 is 2.05. The Kier molecular flexibility index (Phi) is 5.28. The van der Waals surface area contributed by atoms with Gasteiger partial charge in [-0.2, -0.15) is 11.8 Å². The summed E-state index contributed by atoms with van der Waals surface area (Å²) in [5, 5.41) is 13.2. The minimum atomic E-state index is -0.866. The first-order valence-corrected chi connectivity index (χ1v) is 7.92.